The van der Waals surface area contributed by atoms with Gasteiger partial charge in [0.15, 0.2) is 0 Å². The summed E-state index contributed by atoms with van der Waals surface area (Å²) in [6, 6.07) is 0.0298. The van der Waals surface area contributed by atoms with E-state index in [4.69, 9.17) is 9.84 Å². The molecule has 1 heterocycles. The van der Waals surface area contributed by atoms with Gasteiger partial charge in [-0.3, -0.25) is 5.32 Å². The first kappa shape index (κ1) is 9.89. The van der Waals surface area contributed by atoms with Crippen LogP contribution in [0.5, 0.6) is 0 Å². The number of halogens is 1. The summed E-state index contributed by atoms with van der Waals surface area (Å²) in [5.41, 5.74) is -0.347. The molecule has 2 atom stereocenters. The Morgan fingerprint density at radius 2 is 2.42 bits per heavy atom. The predicted molar refractivity (Wildman–Crippen MR) is 43.6 cm³/mol. The number of aliphatic hydroxyl groups excluding tert-OH is 1. The minimum absolute atomic E-state index is 0.0298. The number of aliphatic hydroxyl groups is 1. The van der Waals surface area contributed by atoms with E-state index in [1.807, 2.05) is 13.8 Å². The summed E-state index contributed by atoms with van der Waals surface area (Å²) in [6.45, 7) is 3.92. The third kappa shape index (κ3) is 2.69. The van der Waals surface area contributed by atoms with Crippen molar-refractivity contribution in [3.8, 4) is 0 Å². The zero-order valence-corrected chi connectivity index (χ0v) is 7.51. The molecule has 0 amide bonds. The summed E-state index contributed by atoms with van der Waals surface area (Å²) >= 11 is 0. The molecule has 0 aromatic heterocycles. The highest BCUT2D eigenvalue weighted by Crippen LogP contribution is 2.17. The van der Waals surface area contributed by atoms with Crippen LogP contribution in [-0.2, 0) is 4.74 Å². The van der Waals surface area contributed by atoms with Crippen molar-refractivity contribution in [2.24, 2.45) is 0 Å². The molecular weight excluding hydrogens is 161 g/mol. The van der Waals surface area contributed by atoms with Crippen molar-refractivity contribution in [1.29, 1.82) is 0 Å². The van der Waals surface area contributed by atoms with Crippen molar-refractivity contribution >= 4 is 0 Å². The van der Waals surface area contributed by atoms with E-state index in [0.29, 0.717) is 13.0 Å². The maximum absolute atomic E-state index is 12.7. The molecule has 4 heteroatoms. The van der Waals surface area contributed by atoms with E-state index < -0.39 is 12.8 Å². The third-order valence-corrected chi connectivity index (χ3v) is 1.94. The molecule has 0 radical (unpaired) electrons. The van der Waals surface area contributed by atoms with Crippen LogP contribution in [0.4, 0.5) is 4.39 Å². The predicted octanol–water partition coefficient (Wildman–Crippen LogP) is 0.431. The molecule has 1 unspecified atom stereocenters. The highest BCUT2D eigenvalue weighted by atomic mass is 19.1. The summed E-state index contributed by atoms with van der Waals surface area (Å²) in [4.78, 5) is 0. The lowest BCUT2D eigenvalue weighted by Gasteiger charge is -2.18. The SMILES string of the molecule is CC1(C)N[C@H](CC(F)CO)CO1. The Morgan fingerprint density at radius 1 is 1.75 bits per heavy atom. The zero-order chi connectivity index (χ0) is 9.19. The number of hydrogen-bond acceptors (Lipinski definition) is 3. The van der Waals surface area contributed by atoms with Gasteiger partial charge >= 0.3 is 0 Å². The second-order valence-corrected chi connectivity index (χ2v) is 3.68. The third-order valence-electron chi connectivity index (χ3n) is 1.94. The smallest absolute Gasteiger partial charge is 0.125 e. The first-order valence-corrected chi connectivity index (χ1v) is 4.20. The molecule has 1 fully saturated rings. The average molecular weight is 177 g/mol. The van der Waals surface area contributed by atoms with Gasteiger partial charge in [0.25, 0.3) is 0 Å². The van der Waals surface area contributed by atoms with Gasteiger partial charge in [0.05, 0.1) is 13.2 Å². The Labute approximate surface area is 71.9 Å². The van der Waals surface area contributed by atoms with Gasteiger partial charge in [0.1, 0.15) is 11.9 Å². The minimum Gasteiger partial charge on any atom is -0.393 e. The van der Waals surface area contributed by atoms with Crippen molar-refractivity contribution in [1.82, 2.24) is 5.32 Å². The van der Waals surface area contributed by atoms with E-state index >= 15 is 0 Å². The standard InChI is InChI=1S/C8H16FNO2/c1-8(2)10-7(5-12-8)3-6(9)4-11/h6-7,10-11H,3-5H2,1-2H3/t6?,7-/m1/s1. The Hall–Kier alpha value is -0.190. The van der Waals surface area contributed by atoms with Crippen LogP contribution in [0, 0.1) is 0 Å². The Morgan fingerprint density at radius 3 is 2.83 bits per heavy atom. The number of alkyl halides is 1. The second-order valence-electron chi connectivity index (χ2n) is 3.68. The van der Waals surface area contributed by atoms with Crippen LogP contribution in [0.2, 0.25) is 0 Å². The second kappa shape index (κ2) is 3.68. The molecule has 0 saturated carbocycles. The van der Waals surface area contributed by atoms with Crippen molar-refractivity contribution in [3.05, 3.63) is 0 Å². The fourth-order valence-electron chi connectivity index (χ4n) is 1.39. The highest BCUT2D eigenvalue weighted by molar-refractivity contribution is 4.83. The summed E-state index contributed by atoms with van der Waals surface area (Å²) in [5, 5.41) is 11.6. The molecule has 0 bridgehead atoms. The Balaban J connectivity index is 2.28. The molecule has 1 aliphatic rings. The number of ether oxygens (including phenoxy) is 1. The van der Waals surface area contributed by atoms with E-state index in [1.165, 1.54) is 0 Å². The molecule has 0 aromatic carbocycles. The molecule has 0 aromatic rings. The highest BCUT2D eigenvalue weighted by Gasteiger charge is 2.31. The van der Waals surface area contributed by atoms with Gasteiger partial charge in [-0.05, 0) is 20.3 Å². The van der Waals surface area contributed by atoms with E-state index in [9.17, 15) is 4.39 Å². The van der Waals surface area contributed by atoms with Gasteiger partial charge in [-0.1, -0.05) is 0 Å². The molecular formula is C8H16FNO2. The first-order chi connectivity index (χ1) is 5.53. The molecule has 0 aliphatic carbocycles. The maximum Gasteiger partial charge on any atom is 0.125 e. The van der Waals surface area contributed by atoms with Crippen LogP contribution in [0.25, 0.3) is 0 Å². The lowest BCUT2D eigenvalue weighted by Crippen LogP contribution is -2.39. The lowest BCUT2D eigenvalue weighted by atomic mass is 10.1. The monoisotopic (exact) mass is 177 g/mol. The van der Waals surface area contributed by atoms with Crippen LogP contribution in [0.15, 0.2) is 0 Å². The molecule has 0 spiro atoms. The van der Waals surface area contributed by atoms with E-state index in [1.54, 1.807) is 0 Å². The average Bonchev–Trinajstić information content (AvgIpc) is 2.30. The largest absolute Gasteiger partial charge is 0.393 e. The fourth-order valence-corrected chi connectivity index (χ4v) is 1.39. The van der Waals surface area contributed by atoms with Crippen molar-refractivity contribution in [3.63, 3.8) is 0 Å². The molecule has 12 heavy (non-hydrogen) atoms. The molecule has 2 N–H and O–H groups in total. The fraction of sp³-hybridized carbons (Fsp3) is 1.00. The van der Waals surface area contributed by atoms with E-state index in [-0.39, 0.29) is 11.8 Å². The van der Waals surface area contributed by atoms with Crippen LogP contribution in [-0.4, -0.2) is 36.3 Å². The molecule has 3 nitrogen and oxygen atoms in total. The summed E-state index contributed by atoms with van der Waals surface area (Å²) < 4.78 is 18.0. The number of nitrogens with one attached hydrogen (secondary N) is 1. The first-order valence-electron chi connectivity index (χ1n) is 4.20. The summed E-state index contributed by atoms with van der Waals surface area (Å²) in [6.07, 6.45) is -0.820. The summed E-state index contributed by atoms with van der Waals surface area (Å²) in [5.74, 6) is 0. The molecule has 1 aliphatic heterocycles. The Bertz CT molecular complexity index is 152. The Kier molecular flexibility index (Phi) is 3.04. The van der Waals surface area contributed by atoms with Gasteiger partial charge in [-0.25, -0.2) is 4.39 Å². The lowest BCUT2D eigenvalue weighted by molar-refractivity contribution is 0.0230. The van der Waals surface area contributed by atoms with Crippen LogP contribution in [0.3, 0.4) is 0 Å². The molecule has 72 valence electrons. The van der Waals surface area contributed by atoms with Gasteiger partial charge in [-0.15, -0.1) is 0 Å². The van der Waals surface area contributed by atoms with E-state index in [2.05, 4.69) is 5.32 Å². The molecule has 1 saturated heterocycles. The quantitative estimate of drug-likeness (QED) is 0.657. The summed E-state index contributed by atoms with van der Waals surface area (Å²) in [7, 11) is 0. The van der Waals surface area contributed by atoms with Crippen molar-refractivity contribution < 1.29 is 14.2 Å². The van der Waals surface area contributed by atoms with Gasteiger partial charge in [0, 0.05) is 6.04 Å². The molecule has 1 rings (SSSR count). The topological polar surface area (TPSA) is 41.5 Å². The normalized spacial score (nSPS) is 30.5. The van der Waals surface area contributed by atoms with Crippen molar-refractivity contribution in [2.45, 2.75) is 38.2 Å². The zero-order valence-electron chi connectivity index (χ0n) is 7.51. The van der Waals surface area contributed by atoms with Gasteiger partial charge < -0.3 is 9.84 Å². The van der Waals surface area contributed by atoms with Crippen LogP contribution in [0.1, 0.15) is 20.3 Å². The number of hydrogen-bond donors (Lipinski definition) is 2. The van der Waals surface area contributed by atoms with Crippen LogP contribution >= 0.6 is 0 Å². The van der Waals surface area contributed by atoms with Crippen LogP contribution < -0.4 is 5.32 Å². The number of rotatable bonds is 3. The van der Waals surface area contributed by atoms with E-state index in [0.717, 1.165) is 0 Å². The van der Waals surface area contributed by atoms with Gasteiger partial charge in [-0.2, -0.15) is 0 Å². The maximum atomic E-state index is 12.7. The minimum atomic E-state index is -1.14. The van der Waals surface area contributed by atoms with Gasteiger partial charge in [0.2, 0.25) is 0 Å². The van der Waals surface area contributed by atoms with Crippen molar-refractivity contribution in [2.75, 3.05) is 13.2 Å².